The summed E-state index contributed by atoms with van der Waals surface area (Å²) in [5.41, 5.74) is 5.77. The lowest BCUT2D eigenvalue weighted by Gasteiger charge is -2.17. The Morgan fingerprint density at radius 3 is 2.26 bits per heavy atom. The first-order valence-corrected chi connectivity index (χ1v) is 7.42. The molecule has 0 fully saturated rings. The van der Waals surface area contributed by atoms with Gasteiger partial charge < -0.3 is 10.5 Å². The van der Waals surface area contributed by atoms with E-state index in [1.54, 1.807) is 0 Å². The standard InChI is InChI=1S/C15H29NO3/c1-4-6-7-8-9-10-12(5-2)15(18)13(16)11-14(17)19-3/h12-13H,4-11,16H2,1-3H3. The molecule has 0 heterocycles. The summed E-state index contributed by atoms with van der Waals surface area (Å²) in [6.45, 7) is 4.18. The van der Waals surface area contributed by atoms with Crippen LogP contribution in [0, 0.1) is 5.92 Å². The maximum Gasteiger partial charge on any atom is 0.307 e. The Morgan fingerprint density at radius 1 is 1.11 bits per heavy atom. The van der Waals surface area contributed by atoms with Crippen LogP contribution in [0.4, 0.5) is 0 Å². The highest BCUT2D eigenvalue weighted by Crippen LogP contribution is 2.17. The highest BCUT2D eigenvalue weighted by atomic mass is 16.5. The second-order valence-corrected chi connectivity index (χ2v) is 5.10. The molecule has 4 nitrogen and oxygen atoms in total. The molecule has 2 N–H and O–H groups in total. The smallest absolute Gasteiger partial charge is 0.307 e. The van der Waals surface area contributed by atoms with Crippen LogP contribution in [-0.4, -0.2) is 24.9 Å². The first kappa shape index (κ1) is 18.1. The lowest BCUT2D eigenvalue weighted by atomic mass is 9.89. The molecule has 0 aliphatic carbocycles. The van der Waals surface area contributed by atoms with E-state index in [1.807, 2.05) is 6.92 Å². The quantitative estimate of drug-likeness (QED) is 0.463. The van der Waals surface area contributed by atoms with Gasteiger partial charge in [-0.15, -0.1) is 0 Å². The Morgan fingerprint density at radius 2 is 1.74 bits per heavy atom. The van der Waals surface area contributed by atoms with Crippen molar-refractivity contribution in [1.29, 1.82) is 0 Å². The topological polar surface area (TPSA) is 69.4 Å². The second kappa shape index (κ2) is 11.0. The summed E-state index contributed by atoms with van der Waals surface area (Å²) >= 11 is 0. The summed E-state index contributed by atoms with van der Waals surface area (Å²) in [6, 6.07) is -0.715. The SMILES string of the molecule is CCCCCCCC(CC)C(=O)C(N)CC(=O)OC. The number of hydrogen-bond donors (Lipinski definition) is 1. The zero-order valence-corrected chi connectivity index (χ0v) is 12.6. The molecule has 2 atom stereocenters. The van der Waals surface area contributed by atoms with Crippen LogP contribution in [0.15, 0.2) is 0 Å². The molecule has 0 saturated heterocycles. The number of esters is 1. The number of rotatable bonds is 11. The monoisotopic (exact) mass is 271 g/mol. The highest BCUT2D eigenvalue weighted by molar-refractivity contribution is 5.89. The molecule has 0 aliphatic rings. The largest absolute Gasteiger partial charge is 0.469 e. The number of ether oxygens (including phenoxy) is 1. The van der Waals surface area contributed by atoms with Crippen LogP contribution >= 0.6 is 0 Å². The summed E-state index contributed by atoms with van der Waals surface area (Å²) < 4.78 is 4.54. The number of Topliss-reactive ketones (excluding diaryl/α,β-unsaturated/α-hetero) is 1. The Kier molecular flexibility index (Phi) is 10.5. The van der Waals surface area contributed by atoms with Gasteiger partial charge in [0.05, 0.1) is 19.6 Å². The molecule has 0 aromatic rings. The maximum absolute atomic E-state index is 12.1. The number of unbranched alkanes of at least 4 members (excludes halogenated alkanes) is 4. The predicted octanol–water partition coefficient (Wildman–Crippen LogP) is 2.83. The Hall–Kier alpha value is -0.900. The first-order chi connectivity index (χ1) is 9.06. The Bertz CT molecular complexity index is 266. The van der Waals surface area contributed by atoms with E-state index in [0.29, 0.717) is 0 Å². The van der Waals surface area contributed by atoms with Crippen molar-refractivity contribution in [3.05, 3.63) is 0 Å². The van der Waals surface area contributed by atoms with Crippen LogP contribution in [0.25, 0.3) is 0 Å². The lowest BCUT2D eigenvalue weighted by molar-refractivity contribution is -0.142. The van der Waals surface area contributed by atoms with Crippen molar-refractivity contribution < 1.29 is 14.3 Å². The summed E-state index contributed by atoms with van der Waals surface area (Å²) in [7, 11) is 1.31. The van der Waals surface area contributed by atoms with Gasteiger partial charge in [0, 0.05) is 5.92 Å². The van der Waals surface area contributed by atoms with E-state index in [2.05, 4.69) is 11.7 Å². The van der Waals surface area contributed by atoms with Crippen molar-refractivity contribution in [1.82, 2.24) is 0 Å². The van der Waals surface area contributed by atoms with Crippen LogP contribution in [0.5, 0.6) is 0 Å². The number of carbonyl (C=O) groups excluding carboxylic acids is 2. The van der Waals surface area contributed by atoms with Gasteiger partial charge in [0.2, 0.25) is 0 Å². The average Bonchev–Trinajstić information content (AvgIpc) is 2.42. The van der Waals surface area contributed by atoms with Crippen LogP contribution in [-0.2, 0) is 14.3 Å². The van der Waals surface area contributed by atoms with Gasteiger partial charge in [0.1, 0.15) is 0 Å². The van der Waals surface area contributed by atoms with Crippen LogP contribution in [0.2, 0.25) is 0 Å². The molecule has 0 aromatic heterocycles. The molecule has 112 valence electrons. The van der Waals surface area contributed by atoms with Crippen molar-refractivity contribution in [3.8, 4) is 0 Å². The molecule has 2 unspecified atom stereocenters. The molecule has 0 rings (SSSR count). The fourth-order valence-electron chi connectivity index (χ4n) is 2.21. The summed E-state index contributed by atoms with van der Waals surface area (Å²) in [5, 5.41) is 0. The number of hydrogen-bond acceptors (Lipinski definition) is 4. The third kappa shape index (κ3) is 7.98. The van der Waals surface area contributed by atoms with Gasteiger partial charge in [-0.05, 0) is 12.8 Å². The average molecular weight is 271 g/mol. The minimum atomic E-state index is -0.715. The molecule has 0 radical (unpaired) electrons. The van der Waals surface area contributed by atoms with Crippen molar-refractivity contribution in [2.24, 2.45) is 11.7 Å². The first-order valence-electron chi connectivity index (χ1n) is 7.42. The third-order valence-electron chi connectivity index (χ3n) is 3.53. The van der Waals surface area contributed by atoms with Crippen molar-refractivity contribution in [2.75, 3.05) is 7.11 Å². The normalized spacial score (nSPS) is 13.9. The summed E-state index contributed by atoms with van der Waals surface area (Å²) in [5.74, 6) is -0.427. The van der Waals surface area contributed by atoms with E-state index in [9.17, 15) is 9.59 Å². The number of methoxy groups -OCH3 is 1. The van der Waals surface area contributed by atoms with E-state index >= 15 is 0 Å². The maximum atomic E-state index is 12.1. The minimum absolute atomic E-state index is 0.00314. The van der Waals surface area contributed by atoms with E-state index in [0.717, 1.165) is 19.3 Å². The predicted molar refractivity (Wildman–Crippen MR) is 76.8 cm³/mol. The molecule has 0 spiro atoms. The van der Waals surface area contributed by atoms with E-state index < -0.39 is 12.0 Å². The lowest BCUT2D eigenvalue weighted by Crippen LogP contribution is -2.37. The highest BCUT2D eigenvalue weighted by Gasteiger charge is 2.24. The van der Waals surface area contributed by atoms with E-state index in [1.165, 1.54) is 32.8 Å². The van der Waals surface area contributed by atoms with Crippen LogP contribution in [0.3, 0.4) is 0 Å². The van der Waals surface area contributed by atoms with Gasteiger partial charge in [0.25, 0.3) is 0 Å². The number of carbonyl (C=O) groups is 2. The Balaban J connectivity index is 4.05. The van der Waals surface area contributed by atoms with Gasteiger partial charge >= 0.3 is 5.97 Å². The van der Waals surface area contributed by atoms with E-state index in [-0.39, 0.29) is 18.1 Å². The molecule has 0 aromatic carbocycles. The summed E-state index contributed by atoms with van der Waals surface area (Å²) in [4.78, 5) is 23.2. The van der Waals surface area contributed by atoms with Crippen molar-refractivity contribution in [3.63, 3.8) is 0 Å². The number of ketones is 1. The zero-order chi connectivity index (χ0) is 14.7. The second-order valence-electron chi connectivity index (χ2n) is 5.10. The number of nitrogens with two attached hydrogens (primary N) is 1. The van der Waals surface area contributed by atoms with Gasteiger partial charge in [-0.1, -0.05) is 46.0 Å². The van der Waals surface area contributed by atoms with Gasteiger partial charge in [-0.2, -0.15) is 0 Å². The van der Waals surface area contributed by atoms with Crippen LogP contribution < -0.4 is 5.73 Å². The minimum Gasteiger partial charge on any atom is -0.469 e. The molecule has 19 heavy (non-hydrogen) atoms. The Labute approximate surface area is 117 Å². The fourth-order valence-corrected chi connectivity index (χ4v) is 2.21. The molecule has 0 saturated carbocycles. The van der Waals surface area contributed by atoms with E-state index in [4.69, 9.17) is 5.73 Å². The van der Waals surface area contributed by atoms with Crippen LogP contribution in [0.1, 0.15) is 65.2 Å². The third-order valence-corrected chi connectivity index (χ3v) is 3.53. The van der Waals surface area contributed by atoms with Gasteiger partial charge in [0.15, 0.2) is 5.78 Å². The molecule has 0 amide bonds. The molecule has 0 aliphatic heterocycles. The fraction of sp³-hybridized carbons (Fsp3) is 0.867. The molecule has 0 bridgehead atoms. The summed E-state index contributed by atoms with van der Waals surface area (Å²) in [6.07, 6.45) is 7.61. The van der Waals surface area contributed by atoms with Gasteiger partial charge in [-0.25, -0.2) is 0 Å². The molecule has 4 heteroatoms. The molecular weight excluding hydrogens is 242 g/mol. The van der Waals surface area contributed by atoms with Gasteiger partial charge in [-0.3, -0.25) is 9.59 Å². The zero-order valence-electron chi connectivity index (χ0n) is 12.6. The molecular formula is C15H29NO3. The van der Waals surface area contributed by atoms with Crippen molar-refractivity contribution in [2.45, 2.75) is 71.3 Å². The van der Waals surface area contributed by atoms with Crippen molar-refractivity contribution >= 4 is 11.8 Å².